The minimum atomic E-state index is -4.49. The van der Waals surface area contributed by atoms with Gasteiger partial charge in [0.15, 0.2) is 0 Å². The number of hydrogen-bond donors (Lipinski definition) is 5. The average molecular weight is 454 g/mol. The Balaban J connectivity index is 5.08. The third-order valence-corrected chi connectivity index (χ3v) is 11.3. The first-order chi connectivity index (χ1) is 13.1. The molecule has 0 aromatic carbocycles. The number of hydrogen-bond acceptors (Lipinski definition) is 13. The van der Waals surface area contributed by atoms with Crippen molar-refractivity contribution in [2.75, 3.05) is 19.6 Å². The summed E-state index contributed by atoms with van der Waals surface area (Å²) in [6.45, 7) is -0.133. The molecule has 158 valence electrons. The second-order valence-electron chi connectivity index (χ2n) is 5.63. The molecule has 28 heavy (non-hydrogen) atoms. The topological polar surface area (TPSA) is 208 Å². The summed E-state index contributed by atoms with van der Waals surface area (Å²) in [5, 5.41) is 0. The summed E-state index contributed by atoms with van der Waals surface area (Å²) in [7, 11) is -13.5. The van der Waals surface area contributed by atoms with Gasteiger partial charge in [-0.1, -0.05) is 0 Å². The fraction of sp³-hybridized carbons (Fsp3) is 0.750. The van der Waals surface area contributed by atoms with E-state index >= 15 is 0 Å². The molecular formula is C12H23N3O10Si3. The van der Waals surface area contributed by atoms with Crippen LogP contribution in [0.4, 0.5) is 0 Å². The largest absolute Gasteiger partial charge is 0.488 e. The highest BCUT2D eigenvalue weighted by Crippen LogP contribution is 2.24. The van der Waals surface area contributed by atoms with Gasteiger partial charge in [-0.2, -0.15) is 0 Å². The molecule has 0 unspecified atom stereocenters. The van der Waals surface area contributed by atoms with Crippen LogP contribution in [0, 0.1) is 0 Å². The molecule has 0 bridgehead atoms. The molecule has 0 aliphatic heterocycles. The van der Waals surface area contributed by atoms with Crippen LogP contribution in [-0.4, -0.2) is 88.3 Å². The molecule has 16 heteroatoms. The second-order valence-corrected chi connectivity index (χ2v) is 13.2. The summed E-state index contributed by atoms with van der Waals surface area (Å²) in [6, 6.07) is -0.992. The molecule has 0 radical (unpaired) electrons. The van der Waals surface area contributed by atoms with Gasteiger partial charge in [-0.25, -0.2) is 29.4 Å². The summed E-state index contributed by atoms with van der Waals surface area (Å²) >= 11 is 0. The smallest absolute Gasteiger partial charge is 0.391 e. The van der Waals surface area contributed by atoms with Gasteiger partial charge in [-0.3, -0.25) is 0 Å². The SMILES string of the molecule is O=C=NCCC[Si](O)(O)O[Si](O)(CCCN=C=O)O[Si](O)(O)CCCN=C=O. The Morgan fingerprint density at radius 3 is 1.25 bits per heavy atom. The first kappa shape index (κ1) is 26.5. The van der Waals surface area contributed by atoms with E-state index in [4.69, 9.17) is 8.23 Å². The van der Waals surface area contributed by atoms with Gasteiger partial charge in [0.1, 0.15) is 0 Å². The van der Waals surface area contributed by atoms with Crippen molar-refractivity contribution >= 4 is 44.7 Å². The van der Waals surface area contributed by atoms with Crippen LogP contribution in [0.1, 0.15) is 19.3 Å². The minimum Gasteiger partial charge on any atom is -0.391 e. The van der Waals surface area contributed by atoms with E-state index in [1.807, 2.05) is 0 Å². The third-order valence-electron chi connectivity index (χ3n) is 3.15. The second kappa shape index (κ2) is 13.6. The van der Waals surface area contributed by atoms with E-state index in [1.54, 1.807) is 0 Å². The van der Waals surface area contributed by atoms with Gasteiger partial charge in [0.05, 0.1) is 19.6 Å². The normalized spacial score (nSPS) is 13.6. The van der Waals surface area contributed by atoms with Gasteiger partial charge < -0.3 is 32.2 Å². The van der Waals surface area contributed by atoms with E-state index in [0.29, 0.717) is 0 Å². The molecule has 0 aliphatic rings. The van der Waals surface area contributed by atoms with E-state index in [0.717, 1.165) is 0 Å². The highest BCUT2D eigenvalue weighted by Gasteiger charge is 2.52. The Kier molecular flexibility index (Phi) is 12.9. The van der Waals surface area contributed by atoms with Gasteiger partial charge in [0.25, 0.3) is 0 Å². The van der Waals surface area contributed by atoms with Crippen molar-refractivity contribution in [1.82, 2.24) is 0 Å². The van der Waals surface area contributed by atoms with Gasteiger partial charge >= 0.3 is 26.4 Å². The molecule has 0 amide bonds. The molecule has 0 aliphatic carbocycles. The van der Waals surface area contributed by atoms with E-state index in [1.165, 1.54) is 18.2 Å². The van der Waals surface area contributed by atoms with Crippen molar-refractivity contribution in [3.05, 3.63) is 0 Å². The summed E-state index contributed by atoms with van der Waals surface area (Å²) in [5.74, 6) is 0. The average Bonchev–Trinajstić information content (AvgIpc) is 2.58. The Labute approximate surface area is 163 Å². The van der Waals surface area contributed by atoms with Crippen LogP contribution in [0.2, 0.25) is 18.1 Å². The number of nitrogens with zero attached hydrogens (tertiary/aromatic N) is 3. The monoisotopic (exact) mass is 453 g/mol. The molecule has 0 heterocycles. The number of aliphatic imine (C=N–C) groups is 3. The minimum absolute atomic E-state index is 0.0256. The predicted molar refractivity (Wildman–Crippen MR) is 97.8 cm³/mol. The zero-order valence-corrected chi connectivity index (χ0v) is 18.0. The summed E-state index contributed by atoms with van der Waals surface area (Å²) in [5.41, 5.74) is 0. The fourth-order valence-corrected chi connectivity index (χ4v) is 10.1. The maximum atomic E-state index is 10.6. The lowest BCUT2D eigenvalue weighted by Gasteiger charge is -2.33. The van der Waals surface area contributed by atoms with Crippen LogP contribution in [-0.2, 0) is 22.6 Å². The van der Waals surface area contributed by atoms with Gasteiger partial charge in [0, 0.05) is 18.1 Å². The summed E-state index contributed by atoms with van der Waals surface area (Å²) in [4.78, 5) is 90.6. The van der Waals surface area contributed by atoms with Crippen LogP contribution in [0.15, 0.2) is 15.0 Å². The molecule has 5 N–H and O–H groups in total. The molecule has 0 spiro atoms. The van der Waals surface area contributed by atoms with E-state index < -0.39 is 26.4 Å². The van der Waals surface area contributed by atoms with Crippen molar-refractivity contribution in [1.29, 1.82) is 0 Å². The maximum absolute atomic E-state index is 10.6. The van der Waals surface area contributed by atoms with Crippen LogP contribution in [0.25, 0.3) is 0 Å². The fourth-order valence-electron chi connectivity index (χ4n) is 2.03. The first-order valence-corrected chi connectivity index (χ1v) is 14.2. The Morgan fingerprint density at radius 1 is 0.607 bits per heavy atom. The standard InChI is InChI=1S/C12H23N3O10Si3/c16-10-13-4-1-7-26(19,20)24-28(23,9-3-6-15-12-18)25-27(21,22)8-2-5-14-11-17/h19-23H,1-9H2. The van der Waals surface area contributed by atoms with Crippen molar-refractivity contribution < 1.29 is 46.6 Å². The molecule has 0 saturated heterocycles. The predicted octanol–water partition coefficient (Wildman–Crippen LogP) is -2.02. The van der Waals surface area contributed by atoms with E-state index in [-0.39, 0.29) is 57.0 Å². The Hall–Kier alpha value is -1.49. The summed E-state index contributed by atoms with van der Waals surface area (Å²) < 4.78 is 10.0. The Morgan fingerprint density at radius 2 is 0.929 bits per heavy atom. The van der Waals surface area contributed by atoms with Crippen molar-refractivity contribution in [2.45, 2.75) is 37.4 Å². The molecule has 0 aromatic rings. The lowest BCUT2D eigenvalue weighted by Crippen LogP contribution is -2.60. The molecule has 0 saturated carbocycles. The lowest BCUT2D eigenvalue weighted by molar-refractivity contribution is 0.122. The number of carbonyl (C=O) groups excluding carboxylic acids is 3. The molecule has 13 nitrogen and oxygen atoms in total. The highest BCUT2D eigenvalue weighted by atomic mass is 28.5. The lowest BCUT2D eigenvalue weighted by atomic mass is 10.5. The highest BCUT2D eigenvalue weighted by molar-refractivity contribution is 6.78. The van der Waals surface area contributed by atoms with Crippen LogP contribution in [0.5, 0.6) is 0 Å². The van der Waals surface area contributed by atoms with Gasteiger partial charge in [-0.15, -0.1) is 0 Å². The quantitative estimate of drug-likeness (QED) is 0.0749. The summed E-state index contributed by atoms with van der Waals surface area (Å²) in [6.07, 6.45) is 4.01. The number of rotatable bonds is 16. The van der Waals surface area contributed by atoms with Crippen molar-refractivity contribution in [3.63, 3.8) is 0 Å². The molecular weight excluding hydrogens is 430 g/mol. The van der Waals surface area contributed by atoms with Crippen molar-refractivity contribution in [3.8, 4) is 0 Å². The zero-order valence-electron chi connectivity index (χ0n) is 15.0. The Bertz CT molecular complexity index is 578. The van der Waals surface area contributed by atoms with Gasteiger partial charge in [-0.05, 0) is 19.3 Å². The zero-order chi connectivity index (χ0) is 21.5. The first-order valence-electron chi connectivity index (χ1n) is 8.23. The van der Waals surface area contributed by atoms with Crippen LogP contribution in [0.3, 0.4) is 0 Å². The molecule has 0 rings (SSSR count). The van der Waals surface area contributed by atoms with E-state index in [9.17, 15) is 38.4 Å². The van der Waals surface area contributed by atoms with Crippen LogP contribution < -0.4 is 0 Å². The molecule has 0 fully saturated rings. The molecule has 0 atom stereocenters. The number of isocyanates is 3. The van der Waals surface area contributed by atoms with Gasteiger partial charge in [0.2, 0.25) is 18.2 Å². The third kappa shape index (κ3) is 13.6. The maximum Gasteiger partial charge on any atom is 0.488 e. The van der Waals surface area contributed by atoms with Crippen LogP contribution >= 0.6 is 0 Å². The van der Waals surface area contributed by atoms with Crippen molar-refractivity contribution in [2.24, 2.45) is 15.0 Å². The molecule has 0 aromatic heterocycles. The van der Waals surface area contributed by atoms with E-state index in [2.05, 4.69) is 15.0 Å².